The maximum atomic E-state index is 13.6. The third-order valence-corrected chi connectivity index (χ3v) is 6.81. The van der Waals surface area contributed by atoms with Gasteiger partial charge in [0.2, 0.25) is 0 Å². The first-order chi connectivity index (χ1) is 18.4. The van der Waals surface area contributed by atoms with Gasteiger partial charge >= 0.3 is 5.97 Å². The van der Waals surface area contributed by atoms with Gasteiger partial charge < -0.3 is 14.8 Å². The molecule has 1 unspecified atom stereocenters. The summed E-state index contributed by atoms with van der Waals surface area (Å²) in [4.78, 5) is 27.9. The highest BCUT2D eigenvalue weighted by Crippen LogP contribution is 2.29. The summed E-state index contributed by atoms with van der Waals surface area (Å²) in [5.41, 5.74) is 5.15. The minimum absolute atomic E-state index is 0.0545. The van der Waals surface area contributed by atoms with Crippen LogP contribution in [0.25, 0.3) is 10.9 Å². The predicted octanol–water partition coefficient (Wildman–Crippen LogP) is 7.75. The first-order valence-corrected chi connectivity index (χ1v) is 13.7. The maximum absolute atomic E-state index is 13.6. The number of para-hydroxylation sites is 1. The molecule has 4 rings (SSSR count). The van der Waals surface area contributed by atoms with Gasteiger partial charge in [-0.3, -0.25) is 9.59 Å². The number of aryl methyl sites for hydroxylation is 1. The minimum Gasteiger partial charge on any atom is -0.486 e. The van der Waals surface area contributed by atoms with Crippen molar-refractivity contribution >= 4 is 34.3 Å². The topological polar surface area (TPSA) is 79.4 Å². The molecule has 0 spiro atoms. The van der Waals surface area contributed by atoms with E-state index in [2.05, 4.69) is 43.1 Å². The summed E-state index contributed by atoms with van der Waals surface area (Å²) in [5, 5.41) is 9.87. The lowest BCUT2D eigenvalue weighted by Crippen LogP contribution is -2.09. The minimum atomic E-state index is -0.844. The largest absolute Gasteiger partial charge is 0.486 e. The number of benzene rings is 3. The Kier molecular flexibility index (Phi) is 9.24. The fourth-order valence-corrected chi connectivity index (χ4v) is 4.99. The van der Waals surface area contributed by atoms with Crippen molar-refractivity contribution in [3.05, 3.63) is 101 Å². The number of alkyl halides is 1. The molecular formula is C32H34ClNO4. The van der Waals surface area contributed by atoms with Gasteiger partial charge in [-0.05, 0) is 66.6 Å². The Labute approximate surface area is 228 Å². The molecule has 0 fully saturated rings. The highest BCUT2D eigenvalue weighted by Gasteiger charge is 2.20. The summed E-state index contributed by atoms with van der Waals surface area (Å²) in [6.07, 6.45) is 2.51. The molecule has 2 N–H and O–H groups in total. The second-order valence-corrected chi connectivity index (χ2v) is 10.4. The van der Waals surface area contributed by atoms with Crippen molar-refractivity contribution in [1.82, 2.24) is 4.98 Å². The average molecular weight is 532 g/mol. The van der Waals surface area contributed by atoms with Crippen LogP contribution in [0, 0.1) is 5.92 Å². The lowest BCUT2D eigenvalue weighted by molar-refractivity contribution is -0.137. The standard InChI is InChI=1S/C32H34ClNO4/c1-21(2)20-22-10-12-23(13-11-22)29(18-19-33)38-25-16-14-24(15-17-25)32(37)31-26-6-3-4-7-27(26)34-28(31)8-5-9-30(35)36/h3-4,6-7,10-17,21,29,34H,5,8-9,18-20H2,1-2H3,(H,35,36). The summed E-state index contributed by atoms with van der Waals surface area (Å²) >= 11 is 6.09. The zero-order valence-corrected chi connectivity index (χ0v) is 22.6. The summed E-state index contributed by atoms with van der Waals surface area (Å²) in [5.74, 6) is 0.798. The van der Waals surface area contributed by atoms with Crippen molar-refractivity contribution in [3.63, 3.8) is 0 Å². The molecule has 1 heterocycles. The zero-order valence-electron chi connectivity index (χ0n) is 21.9. The van der Waals surface area contributed by atoms with Crippen LogP contribution in [-0.4, -0.2) is 27.7 Å². The molecule has 3 aromatic carbocycles. The van der Waals surface area contributed by atoms with Gasteiger partial charge in [0.05, 0.1) is 5.56 Å². The first kappa shape index (κ1) is 27.5. The van der Waals surface area contributed by atoms with E-state index < -0.39 is 5.97 Å². The molecule has 0 saturated heterocycles. The normalized spacial score (nSPS) is 12.1. The smallest absolute Gasteiger partial charge is 0.303 e. The first-order valence-electron chi connectivity index (χ1n) is 13.1. The van der Waals surface area contributed by atoms with Crippen molar-refractivity contribution < 1.29 is 19.4 Å². The summed E-state index contributed by atoms with van der Waals surface area (Å²) in [7, 11) is 0. The Hall–Kier alpha value is -3.57. The van der Waals surface area contributed by atoms with E-state index in [9.17, 15) is 9.59 Å². The molecule has 0 bridgehead atoms. The number of carboxylic acids is 1. The summed E-state index contributed by atoms with van der Waals surface area (Å²) < 4.78 is 6.30. The third kappa shape index (κ3) is 6.84. The molecule has 6 heteroatoms. The SMILES string of the molecule is CC(C)Cc1ccc(C(CCCl)Oc2ccc(C(=O)c3c(CCCC(=O)O)[nH]c4ccccc34)cc2)cc1. The molecule has 0 saturated carbocycles. The van der Waals surface area contributed by atoms with Gasteiger partial charge in [-0.15, -0.1) is 11.6 Å². The molecule has 4 aromatic rings. The number of H-pyrrole nitrogens is 1. The number of hydrogen-bond acceptors (Lipinski definition) is 3. The highest BCUT2D eigenvalue weighted by molar-refractivity contribution is 6.18. The quantitative estimate of drug-likeness (QED) is 0.136. The van der Waals surface area contributed by atoms with Crippen LogP contribution in [0.4, 0.5) is 0 Å². The Bertz CT molecular complexity index is 1370. The summed E-state index contributed by atoms with van der Waals surface area (Å²) in [6.45, 7) is 4.42. The number of carboxylic acid groups (broad SMARTS) is 1. The van der Waals surface area contributed by atoms with Crippen LogP contribution in [0.1, 0.15) is 72.0 Å². The Morgan fingerprint density at radius 3 is 2.34 bits per heavy atom. The molecule has 0 radical (unpaired) electrons. The highest BCUT2D eigenvalue weighted by atomic mass is 35.5. The van der Waals surface area contributed by atoms with Gasteiger partial charge in [0.1, 0.15) is 11.9 Å². The fraction of sp³-hybridized carbons (Fsp3) is 0.312. The van der Waals surface area contributed by atoms with Gasteiger partial charge in [-0.2, -0.15) is 0 Å². The number of halogens is 1. The molecular weight excluding hydrogens is 498 g/mol. The van der Waals surface area contributed by atoms with E-state index in [-0.39, 0.29) is 18.3 Å². The van der Waals surface area contributed by atoms with Gasteiger partial charge in [-0.1, -0.05) is 56.3 Å². The van der Waals surface area contributed by atoms with Crippen molar-refractivity contribution in [1.29, 1.82) is 0 Å². The monoisotopic (exact) mass is 531 g/mol. The van der Waals surface area contributed by atoms with Gasteiger partial charge in [-0.25, -0.2) is 0 Å². The second-order valence-electron chi connectivity index (χ2n) is 10.0. The number of nitrogens with one attached hydrogen (secondary N) is 1. The fourth-order valence-electron chi connectivity index (χ4n) is 4.79. The van der Waals surface area contributed by atoms with Crippen molar-refractivity contribution in [3.8, 4) is 5.75 Å². The lowest BCUT2D eigenvalue weighted by atomic mass is 9.98. The number of aromatic amines is 1. The van der Waals surface area contributed by atoms with Crippen LogP contribution < -0.4 is 4.74 Å². The van der Waals surface area contributed by atoms with Crippen molar-refractivity contribution in [2.45, 2.75) is 52.1 Å². The van der Waals surface area contributed by atoms with Crippen LogP contribution in [0.15, 0.2) is 72.8 Å². The molecule has 198 valence electrons. The van der Waals surface area contributed by atoms with Crippen LogP contribution in [0.2, 0.25) is 0 Å². The lowest BCUT2D eigenvalue weighted by Gasteiger charge is -2.19. The van der Waals surface area contributed by atoms with Crippen LogP contribution in [0.5, 0.6) is 5.75 Å². The maximum Gasteiger partial charge on any atom is 0.303 e. The van der Waals surface area contributed by atoms with Crippen molar-refractivity contribution in [2.75, 3.05) is 5.88 Å². The van der Waals surface area contributed by atoms with Gasteiger partial charge in [0, 0.05) is 40.9 Å². The average Bonchev–Trinajstić information content (AvgIpc) is 3.26. The number of carbonyl (C=O) groups is 2. The van der Waals surface area contributed by atoms with E-state index in [0.29, 0.717) is 47.9 Å². The van der Waals surface area contributed by atoms with Gasteiger partial charge in [0.25, 0.3) is 0 Å². The number of ketones is 1. The molecule has 0 amide bonds. The van der Waals surface area contributed by atoms with E-state index in [4.69, 9.17) is 21.4 Å². The molecule has 0 aliphatic heterocycles. The predicted molar refractivity (Wildman–Crippen MR) is 152 cm³/mol. The number of carbonyl (C=O) groups excluding carboxylic acids is 1. The molecule has 0 aliphatic carbocycles. The Balaban J connectivity index is 1.53. The Morgan fingerprint density at radius 2 is 1.68 bits per heavy atom. The van der Waals surface area contributed by atoms with Crippen LogP contribution in [-0.2, 0) is 17.6 Å². The second kappa shape index (κ2) is 12.8. The van der Waals surface area contributed by atoms with E-state index in [1.54, 1.807) is 12.1 Å². The van der Waals surface area contributed by atoms with E-state index in [1.807, 2.05) is 36.4 Å². The summed E-state index contributed by atoms with van der Waals surface area (Å²) in [6, 6.07) is 23.4. The molecule has 1 atom stereocenters. The third-order valence-electron chi connectivity index (χ3n) is 6.59. The van der Waals surface area contributed by atoms with Crippen molar-refractivity contribution in [2.24, 2.45) is 5.92 Å². The van der Waals surface area contributed by atoms with E-state index >= 15 is 0 Å². The number of aliphatic carboxylic acids is 1. The molecule has 5 nitrogen and oxygen atoms in total. The molecule has 38 heavy (non-hydrogen) atoms. The number of ether oxygens (including phenoxy) is 1. The van der Waals surface area contributed by atoms with E-state index in [1.165, 1.54) is 5.56 Å². The number of rotatable bonds is 13. The van der Waals surface area contributed by atoms with E-state index in [0.717, 1.165) is 28.6 Å². The number of fused-ring (bicyclic) bond motifs is 1. The Morgan fingerprint density at radius 1 is 0.974 bits per heavy atom. The number of aromatic nitrogens is 1. The van der Waals surface area contributed by atoms with Crippen LogP contribution in [0.3, 0.4) is 0 Å². The molecule has 1 aromatic heterocycles. The van der Waals surface area contributed by atoms with Gasteiger partial charge in [0.15, 0.2) is 5.78 Å². The molecule has 0 aliphatic rings. The number of hydrogen-bond donors (Lipinski definition) is 2. The zero-order chi connectivity index (χ0) is 27.1. The van der Waals surface area contributed by atoms with Crippen LogP contribution >= 0.6 is 11.6 Å².